The van der Waals surface area contributed by atoms with E-state index in [-0.39, 0.29) is 25.0 Å². The number of halogens is 3. The highest BCUT2D eigenvalue weighted by molar-refractivity contribution is 5.85. The van der Waals surface area contributed by atoms with Crippen LogP contribution in [0.15, 0.2) is 36.5 Å². The van der Waals surface area contributed by atoms with Crippen LogP contribution in [0, 0.1) is 18.6 Å². The predicted molar refractivity (Wildman–Crippen MR) is 144 cm³/mol. The van der Waals surface area contributed by atoms with E-state index >= 15 is 0 Å². The number of rotatable bonds is 10. The molecule has 0 amide bonds. The number of aliphatic hydroxyl groups is 1. The van der Waals surface area contributed by atoms with Crippen molar-refractivity contribution in [1.82, 2.24) is 24.6 Å². The molecule has 3 aromatic rings. The Bertz CT molecular complexity index is 1180. The lowest BCUT2D eigenvalue weighted by Gasteiger charge is -2.35. The van der Waals surface area contributed by atoms with Gasteiger partial charge < -0.3 is 21.1 Å². The molecule has 2 aromatic heterocycles. The van der Waals surface area contributed by atoms with Gasteiger partial charge in [0, 0.05) is 69.3 Å². The van der Waals surface area contributed by atoms with Crippen LogP contribution in [0.2, 0.25) is 0 Å². The highest BCUT2D eigenvalue weighted by Crippen LogP contribution is 2.20. The van der Waals surface area contributed by atoms with Gasteiger partial charge in [-0.15, -0.1) is 12.4 Å². The number of unbranched alkanes of at least 4 members (excludes halogenated alkanes) is 1. The van der Waals surface area contributed by atoms with Crippen molar-refractivity contribution < 1.29 is 13.9 Å². The van der Waals surface area contributed by atoms with Gasteiger partial charge in [0.2, 0.25) is 5.95 Å². The van der Waals surface area contributed by atoms with E-state index in [4.69, 9.17) is 10.8 Å². The summed E-state index contributed by atoms with van der Waals surface area (Å²) >= 11 is 0. The fourth-order valence-electron chi connectivity index (χ4n) is 4.16. The van der Waals surface area contributed by atoms with Crippen molar-refractivity contribution in [3.05, 3.63) is 59.4 Å². The van der Waals surface area contributed by atoms with E-state index in [2.05, 4.69) is 31.4 Å². The molecule has 0 aliphatic carbocycles. The number of nitrogen functional groups attached to an aromatic ring is 1. The zero-order chi connectivity index (χ0) is 25.5. The minimum absolute atomic E-state index is 0. The van der Waals surface area contributed by atoms with Gasteiger partial charge in [-0.25, -0.2) is 13.5 Å². The summed E-state index contributed by atoms with van der Waals surface area (Å²) in [5.41, 5.74) is 8.38. The number of piperazine rings is 1. The maximum absolute atomic E-state index is 13.5. The van der Waals surface area contributed by atoms with E-state index < -0.39 is 11.6 Å². The van der Waals surface area contributed by atoms with E-state index in [0.29, 0.717) is 37.0 Å². The van der Waals surface area contributed by atoms with Crippen molar-refractivity contribution in [2.24, 2.45) is 0 Å². The molecule has 0 bridgehead atoms. The lowest BCUT2D eigenvalue weighted by Crippen LogP contribution is -2.46. The summed E-state index contributed by atoms with van der Waals surface area (Å²) in [6.45, 7) is 6.58. The molecule has 200 valence electrons. The summed E-state index contributed by atoms with van der Waals surface area (Å²) in [6.07, 6.45) is 7.45. The maximum atomic E-state index is 13.5. The highest BCUT2D eigenvalue weighted by atomic mass is 35.5. The van der Waals surface area contributed by atoms with Crippen molar-refractivity contribution >= 4 is 35.9 Å². The fourth-order valence-corrected chi connectivity index (χ4v) is 4.16. The van der Waals surface area contributed by atoms with Gasteiger partial charge in [-0.05, 0) is 31.9 Å². The van der Waals surface area contributed by atoms with Crippen LogP contribution in [0.3, 0.4) is 0 Å². The number of nitrogens with zero attached hydrogens (tertiary/aromatic N) is 6. The van der Waals surface area contributed by atoms with Gasteiger partial charge in [-0.1, -0.05) is 12.2 Å². The first-order chi connectivity index (χ1) is 17.4. The molecular weight excluding hydrogens is 502 g/mol. The molecule has 9 nitrogen and oxygen atoms in total. The minimum atomic E-state index is -0.554. The predicted octanol–water partition coefficient (Wildman–Crippen LogP) is 3.27. The van der Waals surface area contributed by atoms with Crippen LogP contribution >= 0.6 is 12.4 Å². The Kier molecular flexibility index (Phi) is 10.2. The normalized spacial score (nSPS) is 14.2. The van der Waals surface area contributed by atoms with Gasteiger partial charge in [-0.2, -0.15) is 15.1 Å². The topological polar surface area (TPSA) is 108 Å². The lowest BCUT2D eigenvalue weighted by molar-refractivity contribution is 0.284. The van der Waals surface area contributed by atoms with Crippen molar-refractivity contribution in [3.8, 4) is 5.82 Å². The first kappa shape index (κ1) is 28.3. The molecule has 0 saturated carbocycles. The van der Waals surface area contributed by atoms with Crippen LogP contribution in [0.1, 0.15) is 24.1 Å². The summed E-state index contributed by atoms with van der Waals surface area (Å²) in [5.74, 6) is 0.240. The Labute approximate surface area is 221 Å². The standard InChI is InChI=1S/C25H32F2N8O.ClH/c1-18-19(17-30-35(18)24-16-23(31-25(28)32-24)29-6-2-3-12-36)5-4-7-33-8-10-34(11-9-33)22-14-20(26)13-21(27)15-22;/h4-5,13-17,36H,2-3,6-12H2,1H3,(H3,28,29,31,32);1H/b5-4+;. The van der Waals surface area contributed by atoms with Gasteiger partial charge in [0.05, 0.1) is 11.9 Å². The van der Waals surface area contributed by atoms with Crippen LogP contribution < -0.4 is 16.0 Å². The van der Waals surface area contributed by atoms with Gasteiger partial charge in [-0.3, -0.25) is 4.90 Å². The minimum Gasteiger partial charge on any atom is -0.396 e. The number of nitrogens with two attached hydrogens (primary N) is 1. The SMILES string of the molecule is Cc1c(/C=C/CN2CCN(c3cc(F)cc(F)c3)CC2)cnn1-c1cc(NCCCCO)nc(N)n1.Cl. The monoisotopic (exact) mass is 534 g/mol. The number of aromatic nitrogens is 4. The zero-order valence-corrected chi connectivity index (χ0v) is 21.6. The summed E-state index contributed by atoms with van der Waals surface area (Å²) in [7, 11) is 0. The summed E-state index contributed by atoms with van der Waals surface area (Å²) in [6, 6.07) is 5.44. The molecule has 37 heavy (non-hydrogen) atoms. The smallest absolute Gasteiger partial charge is 0.224 e. The third-order valence-electron chi connectivity index (χ3n) is 6.13. The first-order valence-electron chi connectivity index (χ1n) is 12.1. The van der Waals surface area contributed by atoms with Crippen molar-refractivity contribution in [3.63, 3.8) is 0 Å². The maximum Gasteiger partial charge on any atom is 0.224 e. The molecule has 4 N–H and O–H groups in total. The average Bonchev–Trinajstić information content (AvgIpc) is 3.21. The van der Waals surface area contributed by atoms with Crippen molar-refractivity contribution in [1.29, 1.82) is 0 Å². The molecule has 12 heteroatoms. The molecule has 3 heterocycles. The second kappa shape index (κ2) is 13.3. The third-order valence-corrected chi connectivity index (χ3v) is 6.13. The Balaban J connectivity index is 0.00000380. The van der Waals surface area contributed by atoms with Gasteiger partial charge in [0.1, 0.15) is 17.5 Å². The van der Waals surface area contributed by atoms with Crippen molar-refractivity contribution in [2.75, 3.05) is 61.8 Å². The Morgan fingerprint density at radius 3 is 2.49 bits per heavy atom. The molecule has 1 aliphatic heterocycles. The second-order valence-electron chi connectivity index (χ2n) is 8.74. The van der Waals surface area contributed by atoms with Crippen LogP contribution in [0.4, 0.5) is 26.2 Å². The van der Waals surface area contributed by atoms with Gasteiger partial charge >= 0.3 is 0 Å². The lowest BCUT2D eigenvalue weighted by atomic mass is 10.2. The zero-order valence-electron chi connectivity index (χ0n) is 20.8. The van der Waals surface area contributed by atoms with Crippen LogP contribution in [0.25, 0.3) is 11.9 Å². The number of aliphatic hydroxyl groups excluding tert-OH is 1. The third kappa shape index (κ3) is 7.61. The van der Waals surface area contributed by atoms with Gasteiger partial charge in [0.15, 0.2) is 5.82 Å². The Hall–Kier alpha value is -3.28. The largest absolute Gasteiger partial charge is 0.396 e. The van der Waals surface area contributed by atoms with E-state index in [0.717, 1.165) is 49.8 Å². The Morgan fingerprint density at radius 1 is 1.05 bits per heavy atom. The molecule has 1 aromatic carbocycles. The number of hydrogen-bond acceptors (Lipinski definition) is 8. The number of nitrogens with one attached hydrogen (secondary N) is 1. The van der Waals surface area contributed by atoms with Crippen LogP contribution in [0.5, 0.6) is 0 Å². The average molecular weight is 535 g/mol. The molecule has 0 atom stereocenters. The number of hydrogen-bond donors (Lipinski definition) is 3. The molecule has 0 spiro atoms. The first-order valence-corrected chi connectivity index (χ1v) is 12.1. The molecule has 1 saturated heterocycles. The number of benzene rings is 1. The van der Waals surface area contributed by atoms with E-state index in [9.17, 15) is 8.78 Å². The molecular formula is C25H33ClF2N8O. The van der Waals surface area contributed by atoms with E-state index in [1.165, 1.54) is 12.1 Å². The quantitative estimate of drug-likeness (QED) is 0.340. The molecule has 0 radical (unpaired) electrons. The molecule has 4 rings (SSSR count). The summed E-state index contributed by atoms with van der Waals surface area (Å²) in [4.78, 5) is 12.8. The second-order valence-corrected chi connectivity index (χ2v) is 8.74. The molecule has 0 unspecified atom stereocenters. The summed E-state index contributed by atoms with van der Waals surface area (Å²) < 4.78 is 28.8. The van der Waals surface area contributed by atoms with Crippen molar-refractivity contribution in [2.45, 2.75) is 19.8 Å². The Morgan fingerprint density at radius 2 is 1.78 bits per heavy atom. The van der Waals surface area contributed by atoms with Gasteiger partial charge in [0.25, 0.3) is 0 Å². The fraction of sp³-hybridized carbons (Fsp3) is 0.400. The van der Waals surface area contributed by atoms with E-state index in [1.54, 1.807) is 16.9 Å². The van der Waals surface area contributed by atoms with Crippen LogP contribution in [-0.4, -0.2) is 75.6 Å². The highest BCUT2D eigenvalue weighted by Gasteiger charge is 2.17. The molecule has 1 fully saturated rings. The number of anilines is 3. The van der Waals surface area contributed by atoms with E-state index in [1.807, 2.05) is 17.9 Å². The molecule has 1 aliphatic rings. The van der Waals surface area contributed by atoms with Crippen LogP contribution in [-0.2, 0) is 0 Å². The summed E-state index contributed by atoms with van der Waals surface area (Å²) in [5, 5.41) is 16.6.